The summed E-state index contributed by atoms with van der Waals surface area (Å²) in [6.07, 6.45) is 0. The van der Waals surface area contributed by atoms with Gasteiger partial charge < -0.3 is 10.6 Å². The van der Waals surface area contributed by atoms with Crippen molar-refractivity contribution in [1.29, 1.82) is 0 Å². The molecule has 0 saturated carbocycles. The third kappa shape index (κ3) is 4.16. The fraction of sp³-hybridized carbons (Fsp3) is 0.556. The first-order chi connectivity index (χ1) is 7.83. The van der Waals surface area contributed by atoms with Gasteiger partial charge in [-0.2, -0.15) is 0 Å². The van der Waals surface area contributed by atoms with Gasteiger partial charge in [-0.1, -0.05) is 0 Å². The molecule has 0 fully saturated rings. The minimum absolute atomic E-state index is 0.135. The second-order valence-corrected chi connectivity index (χ2v) is 5.37. The summed E-state index contributed by atoms with van der Waals surface area (Å²) in [5, 5.41) is 10.8. The lowest BCUT2D eigenvalue weighted by Crippen LogP contribution is -2.23. The van der Waals surface area contributed by atoms with Crippen molar-refractivity contribution in [2.24, 2.45) is 5.14 Å². The smallest absolute Gasteiger partial charge is 0.210 e. The van der Waals surface area contributed by atoms with Gasteiger partial charge in [-0.3, -0.25) is 0 Å². The number of aryl methyl sites for hydroxylation is 1. The number of primary sulfonamides is 1. The molecule has 4 N–H and O–H groups in total. The topological polar surface area (TPSA) is 110 Å². The molecule has 0 unspecified atom stereocenters. The Morgan fingerprint density at radius 1 is 1.24 bits per heavy atom. The quantitative estimate of drug-likeness (QED) is 0.677. The molecule has 0 spiro atoms. The zero-order valence-electron chi connectivity index (χ0n) is 10.1. The molecule has 1 rings (SSSR count). The number of anilines is 2. The van der Waals surface area contributed by atoms with Crippen molar-refractivity contribution in [3.8, 4) is 0 Å². The van der Waals surface area contributed by atoms with Gasteiger partial charge in [0.25, 0.3) is 0 Å². The molecule has 0 atom stereocenters. The van der Waals surface area contributed by atoms with Crippen molar-refractivity contribution in [1.82, 2.24) is 9.97 Å². The first kappa shape index (κ1) is 13.7. The summed E-state index contributed by atoms with van der Waals surface area (Å²) in [4.78, 5) is 8.41. The van der Waals surface area contributed by atoms with E-state index in [1.165, 1.54) is 0 Å². The molecule has 0 aromatic carbocycles. The van der Waals surface area contributed by atoms with Gasteiger partial charge in [0.1, 0.15) is 17.5 Å². The van der Waals surface area contributed by atoms with E-state index in [0.29, 0.717) is 11.6 Å². The molecule has 7 nitrogen and oxygen atoms in total. The van der Waals surface area contributed by atoms with Crippen LogP contribution in [0.1, 0.15) is 11.4 Å². The van der Waals surface area contributed by atoms with Crippen LogP contribution in [0, 0.1) is 13.8 Å². The van der Waals surface area contributed by atoms with Crippen molar-refractivity contribution in [3.63, 3.8) is 0 Å². The zero-order valence-corrected chi connectivity index (χ0v) is 10.9. The number of hydrogen-bond donors (Lipinski definition) is 3. The molecular weight excluding hydrogens is 242 g/mol. The average Bonchev–Trinajstić information content (AvgIpc) is 2.20. The fourth-order valence-corrected chi connectivity index (χ4v) is 1.74. The second kappa shape index (κ2) is 5.28. The summed E-state index contributed by atoms with van der Waals surface area (Å²) < 4.78 is 21.6. The largest absolute Gasteiger partial charge is 0.373 e. The molecule has 0 aliphatic rings. The summed E-state index contributed by atoms with van der Waals surface area (Å²) in [5.41, 5.74) is 0.840. The van der Waals surface area contributed by atoms with Crippen LogP contribution < -0.4 is 15.8 Å². The highest BCUT2D eigenvalue weighted by Crippen LogP contribution is 2.18. The summed E-state index contributed by atoms with van der Waals surface area (Å²) in [6, 6.07) is 0. The lowest BCUT2D eigenvalue weighted by molar-refractivity contribution is 0.598. The summed E-state index contributed by atoms with van der Waals surface area (Å²) >= 11 is 0. The second-order valence-electron chi connectivity index (χ2n) is 3.64. The van der Waals surface area contributed by atoms with E-state index in [1.807, 2.05) is 6.92 Å². The molecule has 8 heteroatoms. The van der Waals surface area contributed by atoms with Crippen LogP contribution in [-0.4, -0.2) is 37.7 Å². The molecule has 0 aliphatic heterocycles. The minimum Gasteiger partial charge on any atom is -0.373 e. The van der Waals surface area contributed by atoms with E-state index in [-0.39, 0.29) is 12.3 Å². The first-order valence-corrected chi connectivity index (χ1v) is 6.82. The SMILES string of the molecule is CNc1nc(C)nc(NCCS(N)(=O)=O)c1C. The Labute approximate surface area is 101 Å². The molecule has 1 aromatic rings. The highest BCUT2D eigenvalue weighted by atomic mass is 32.2. The molecule has 0 aliphatic carbocycles. The van der Waals surface area contributed by atoms with Crippen molar-refractivity contribution in [3.05, 3.63) is 11.4 Å². The zero-order chi connectivity index (χ0) is 13.1. The normalized spacial score (nSPS) is 11.3. The van der Waals surface area contributed by atoms with Gasteiger partial charge >= 0.3 is 0 Å². The van der Waals surface area contributed by atoms with Crippen molar-refractivity contribution < 1.29 is 8.42 Å². The maximum atomic E-state index is 10.8. The highest BCUT2D eigenvalue weighted by Gasteiger charge is 2.08. The Morgan fingerprint density at radius 2 is 1.82 bits per heavy atom. The molecule has 1 heterocycles. The molecule has 17 heavy (non-hydrogen) atoms. The van der Waals surface area contributed by atoms with Crippen LogP contribution in [0.3, 0.4) is 0 Å². The number of rotatable bonds is 5. The van der Waals surface area contributed by atoms with Gasteiger partial charge in [-0.15, -0.1) is 0 Å². The monoisotopic (exact) mass is 259 g/mol. The lowest BCUT2D eigenvalue weighted by atomic mass is 10.3. The fourth-order valence-electron chi connectivity index (χ4n) is 1.36. The Morgan fingerprint density at radius 3 is 2.35 bits per heavy atom. The summed E-state index contributed by atoms with van der Waals surface area (Å²) in [5.74, 6) is 1.81. The molecule has 1 aromatic heterocycles. The van der Waals surface area contributed by atoms with E-state index >= 15 is 0 Å². The van der Waals surface area contributed by atoms with Crippen LogP contribution >= 0.6 is 0 Å². The van der Waals surface area contributed by atoms with Gasteiger partial charge in [-0.25, -0.2) is 23.5 Å². The Balaban J connectivity index is 2.81. The van der Waals surface area contributed by atoms with Crippen molar-refractivity contribution >= 4 is 21.7 Å². The maximum absolute atomic E-state index is 10.8. The summed E-state index contributed by atoms with van der Waals surface area (Å²) in [7, 11) is -1.69. The average molecular weight is 259 g/mol. The van der Waals surface area contributed by atoms with Crippen LogP contribution in [0.4, 0.5) is 11.6 Å². The van der Waals surface area contributed by atoms with E-state index in [0.717, 1.165) is 11.4 Å². The van der Waals surface area contributed by atoms with Gasteiger partial charge in [0.15, 0.2) is 0 Å². The molecule has 0 bridgehead atoms. The van der Waals surface area contributed by atoms with Crippen molar-refractivity contribution in [2.45, 2.75) is 13.8 Å². The first-order valence-electron chi connectivity index (χ1n) is 5.11. The van der Waals surface area contributed by atoms with Crippen molar-refractivity contribution in [2.75, 3.05) is 30.0 Å². The number of nitrogens with zero attached hydrogens (tertiary/aromatic N) is 2. The maximum Gasteiger partial charge on any atom is 0.210 e. The molecular formula is C9H17N5O2S. The lowest BCUT2D eigenvalue weighted by Gasteiger charge is -2.12. The van der Waals surface area contributed by atoms with Gasteiger partial charge in [-0.05, 0) is 13.8 Å². The number of sulfonamides is 1. The third-order valence-corrected chi connectivity index (χ3v) is 2.95. The van der Waals surface area contributed by atoms with E-state index in [2.05, 4.69) is 20.6 Å². The van der Waals surface area contributed by atoms with Crippen LogP contribution in [0.25, 0.3) is 0 Å². The standard InChI is InChI=1S/C9H17N5O2S/c1-6-8(11-3)13-7(2)14-9(6)12-4-5-17(10,15)16/h4-5H2,1-3H3,(H2,10,15,16)(H2,11,12,13,14). The van der Waals surface area contributed by atoms with E-state index < -0.39 is 10.0 Å². The molecule has 0 amide bonds. The Hall–Kier alpha value is -1.41. The van der Waals surface area contributed by atoms with Gasteiger partial charge in [0, 0.05) is 19.2 Å². The number of hydrogen-bond acceptors (Lipinski definition) is 6. The minimum atomic E-state index is -3.45. The van der Waals surface area contributed by atoms with E-state index in [9.17, 15) is 8.42 Å². The number of aromatic nitrogens is 2. The Bertz CT molecular complexity index is 500. The molecule has 0 radical (unpaired) electrons. The number of nitrogens with one attached hydrogen (secondary N) is 2. The predicted octanol–water partition coefficient (Wildman–Crippen LogP) is -0.164. The molecule has 96 valence electrons. The van der Waals surface area contributed by atoms with E-state index in [1.54, 1.807) is 14.0 Å². The van der Waals surface area contributed by atoms with E-state index in [4.69, 9.17) is 5.14 Å². The van der Waals surface area contributed by atoms with Crippen LogP contribution in [0.5, 0.6) is 0 Å². The number of nitrogens with two attached hydrogens (primary N) is 1. The third-order valence-electron chi connectivity index (χ3n) is 2.17. The van der Waals surface area contributed by atoms with Crippen LogP contribution in [0.2, 0.25) is 0 Å². The van der Waals surface area contributed by atoms with Crippen LogP contribution in [-0.2, 0) is 10.0 Å². The summed E-state index contributed by atoms with van der Waals surface area (Å²) in [6.45, 7) is 3.84. The predicted molar refractivity (Wildman–Crippen MR) is 67.5 cm³/mol. The van der Waals surface area contributed by atoms with Gasteiger partial charge in [0.2, 0.25) is 10.0 Å². The highest BCUT2D eigenvalue weighted by molar-refractivity contribution is 7.89. The van der Waals surface area contributed by atoms with Gasteiger partial charge in [0.05, 0.1) is 5.75 Å². The molecule has 0 saturated heterocycles. The van der Waals surface area contributed by atoms with Crippen LogP contribution in [0.15, 0.2) is 0 Å². The Kier molecular flexibility index (Phi) is 4.24.